The van der Waals surface area contributed by atoms with Gasteiger partial charge >= 0.3 is 0 Å². The molecule has 160 valence electrons. The number of nitrogens with one attached hydrogen (secondary N) is 3. The number of benzene rings is 1. The molecule has 28 heavy (non-hydrogen) atoms. The summed E-state index contributed by atoms with van der Waals surface area (Å²) < 4.78 is 32.4. The van der Waals surface area contributed by atoms with Crippen LogP contribution in [0.2, 0.25) is 0 Å². The van der Waals surface area contributed by atoms with Crippen molar-refractivity contribution in [2.45, 2.75) is 77.0 Å². The first-order valence-corrected chi connectivity index (χ1v) is 11.9. The first kappa shape index (κ1) is 23.0. The number of rotatable bonds is 10. The van der Waals surface area contributed by atoms with Gasteiger partial charge in [0.15, 0.2) is 0 Å². The fraction of sp³-hybridized carbons (Fsp3) is 0.714. The molecule has 6 nitrogen and oxygen atoms in total. The van der Waals surface area contributed by atoms with Crippen molar-refractivity contribution in [3.63, 3.8) is 0 Å². The van der Waals surface area contributed by atoms with Gasteiger partial charge in [0.2, 0.25) is 10.0 Å². The van der Waals surface area contributed by atoms with Crippen molar-refractivity contribution in [2.24, 2.45) is 5.92 Å². The summed E-state index contributed by atoms with van der Waals surface area (Å²) >= 11 is 0. The van der Waals surface area contributed by atoms with Crippen LogP contribution in [0.15, 0.2) is 24.3 Å². The van der Waals surface area contributed by atoms with Gasteiger partial charge in [0.25, 0.3) is 0 Å². The van der Waals surface area contributed by atoms with Gasteiger partial charge in [-0.15, -0.1) is 0 Å². The van der Waals surface area contributed by atoms with E-state index in [2.05, 4.69) is 22.5 Å². The van der Waals surface area contributed by atoms with Crippen LogP contribution in [-0.2, 0) is 10.0 Å². The molecule has 1 fully saturated rings. The third kappa shape index (κ3) is 7.26. The Morgan fingerprint density at radius 1 is 1.07 bits per heavy atom. The van der Waals surface area contributed by atoms with Gasteiger partial charge in [-0.1, -0.05) is 13.3 Å². The van der Waals surface area contributed by atoms with Gasteiger partial charge in [0.05, 0.1) is 11.4 Å². The van der Waals surface area contributed by atoms with Gasteiger partial charge in [0, 0.05) is 18.3 Å². The number of hydrazine groups is 1. The topological polar surface area (TPSA) is 79.5 Å². The van der Waals surface area contributed by atoms with E-state index in [-0.39, 0.29) is 6.04 Å². The second-order valence-electron chi connectivity index (χ2n) is 8.68. The van der Waals surface area contributed by atoms with Crippen LogP contribution in [-0.4, -0.2) is 32.4 Å². The highest BCUT2D eigenvalue weighted by molar-refractivity contribution is 7.90. The molecule has 7 heteroatoms. The fourth-order valence-corrected chi connectivity index (χ4v) is 4.17. The molecular formula is C21H37N3O3S. The van der Waals surface area contributed by atoms with Crippen molar-refractivity contribution in [3.8, 4) is 5.75 Å². The Morgan fingerprint density at radius 3 is 2.29 bits per heavy atom. The fourth-order valence-electron chi connectivity index (χ4n) is 3.15. The highest BCUT2D eigenvalue weighted by Gasteiger charge is 2.32. The number of sulfonamides is 1. The molecule has 0 atom stereocenters. The van der Waals surface area contributed by atoms with Gasteiger partial charge in [-0.3, -0.25) is 0 Å². The summed E-state index contributed by atoms with van der Waals surface area (Å²) in [5, 5.41) is 0. The average molecular weight is 412 g/mol. The molecule has 0 heterocycles. The molecule has 0 unspecified atom stereocenters. The van der Waals surface area contributed by atoms with E-state index in [1.165, 1.54) is 0 Å². The molecule has 0 amide bonds. The van der Waals surface area contributed by atoms with E-state index in [0.717, 1.165) is 63.1 Å². The molecule has 3 N–H and O–H groups in total. The minimum atomic E-state index is -3.27. The molecule has 1 aliphatic rings. The van der Waals surface area contributed by atoms with Gasteiger partial charge in [-0.2, -0.15) is 0 Å². The van der Waals surface area contributed by atoms with Crippen LogP contribution < -0.4 is 20.3 Å². The van der Waals surface area contributed by atoms with Gasteiger partial charge in [0.1, 0.15) is 5.75 Å². The van der Waals surface area contributed by atoms with Gasteiger partial charge in [-0.25, -0.2) is 18.6 Å². The predicted molar refractivity (Wildman–Crippen MR) is 116 cm³/mol. The van der Waals surface area contributed by atoms with E-state index in [1.54, 1.807) is 20.8 Å². The van der Waals surface area contributed by atoms with E-state index < -0.39 is 14.8 Å². The standard InChI is InChI=1S/C21H37N3O3S/c1-5-6-15-27-20-13-11-18(12-14-20)23-22-16-17-7-9-19(10-8-17)24-28(25,26)21(2,3)4/h11-14,17,19,22-24H,5-10,15-16H2,1-4H3/t17-,19-. The van der Waals surface area contributed by atoms with Crippen LogP contribution in [0.3, 0.4) is 0 Å². The predicted octanol–water partition coefficient (Wildman–Crippen LogP) is 4.06. The first-order valence-electron chi connectivity index (χ1n) is 10.4. The Morgan fingerprint density at radius 2 is 1.71 bits per heavy atom. The molecule has 1 aromatic carbocycles. The number of anilines is 1. The quantitative estimate of drug-likeness (QED) is 0.400. The molecule has 0 aromatic heterocycles. The molecule has 1 saturated carbocycles. The summed E-state index contributed by atoms with van der Waals surface area (Å²) in [5.41, 5.74) is 7.55. The average Bonchev–Trinajstić information content (AvgIpc) is 2.63. The van der Waals surface area contributed by atoms with E-state index in [0.29, 0.717) is 5.92 Å². The van der Waals surface area contributed by atoms with Crippen molar-refractivity contribution < 1.29 is 13.2 Å². The second kappa shape index (κ2) is 10.5. The van der Waals surface area contributed by atoms with Crippen molar-refractivity contribution in [3.05, 3.63) is 24.3 Å². The summed E-state index contributed by atoms with van der Waals surface area (Å²) in [5.74, 6) is 1.45. The molecule has 0 radical (unpaired) electrons. The van der Waals surface area contributed by atoms with E-state index in [1.807, 2.05) is 24.3 Å². The normalized spacial score (nSPS) is 20.7. The highest BCUT2D eigenvalue weighted by atomic mass is 32.2. The summed E-state index contributed by atoms with van der Waals surface area (Å²) in [4.78, 5) is 0. The molecule has 0 aliphatic heterocycles. The third-order valence-corrected chi connectivity index (χ3v) is 7.48. The summed E-state index contributed by atoms with van der Waals surface area (Å²) in [7, 11) is -3.27. The second-order valence-corrected chi connectivity index (χ2v) is 11.2. The van der Waals surface area contributed by atoms with E-state index in [9.17, 15) is 8.42 Å². The molecule has 2 rings (SSSR count). The van der Waals surface area contributed by atoms with Crippen LogP contribution in [0.25, 0.3) is 0 Å². The lowest BCUT2D eigenvalue weighted by molar-refractivity contribution is 0.306. The highest BCUT2D eigenvalue weighted by Crippen LogP contribution is 2.26. The lowest BCUT2D eigenvalue weighted by atomic mass is 9.86. The van der Waals surface area contributed by atoms with Gasteiger partial charge < -0.3 is 10.2 Å². The van der Waals surface area contributed by atoms with Gasteiger partial charge in [-0.05, 0) is 83.1 Å². The molecule has 1 aliphatic carbocycles. The zero-order valence-corrected chi connectivity index (χ0v) is 18.6. The number of unbranched alkanes of at least 4 members (excludes halogenated alkanes) is 1. The monoisotopic (exact) mass is 411 g/mol. The zero-order valence-electron chi connectivity index (χ0n) is 17.8. The summed E-state index contributed by atoms with van der Waals surface area (Å²) in [6.07, 6.45) is 6.04. The molecule has 0 bridgehead atoms. The maximum atomic E-state index is 12.3. The first-order chi connectivity index (χ1) is 13.2. The number of hydrogen-bond acceptors (Lipinski definition) is 5. The Hall–Kier alpha value is -1.31. The summed E-state index contributed by atoms with van der Waals surface area (Å²) in [6, 6.07) is 8.03. The Bertz CT molecular complexity index is 676. The van der Waals surface area contributed by atoms with Crippen molar-refractivity contribution in [1.29, 1.82) is 0 Å². The molecule has 0 spiro atoms. The van der Waals surface area contributed by atoms with Crippen molar-refractivity contribution in [1.82, 2.24) is 10.1 Å². The Labute approximate surface area is 170 Å². The minimum absolute atomic E-state index is 0.0636. The Kier molecular flexibility index (Phi) is 8.58. The third-order valence-electron chi connectivity index (χ3n) is 5.22. The van der Waals surface area contributed by atoms with Crippen LogP contribution in [0, 0.1) is 5.92 Å². The number of ether oxygens (including phenoxy) is 1. The Balaban J connectivity index is 1.66. The largest absolute Gasteiger partial charge is 0.494 e. The van der Waals surface area contributed by atoms with Crippen molar-refractivity contribution in [2.75, 3.05) is 18.6 Å². The minimum Gasteiger partial charge on any atom is -0.494 e. The van der Waals surface area contributed by atoms with E-state index >= 15 is 0 Å². The van der Waals surface area contributed by atoms with Crippen LogP contribution >= 0.6 is 0 Å². The van der Waals surface area contributed by atoms with Crippen LogP contribution in [0.5, 0.6) is 5.75 Å². The van der Waals surface area contributed by atoms with Crippen LogP contribution in [0.1, 0.15) is 66.2 Å². The van der Waals surface area contributed by atoms with Crippen molar-refractivity contribution >= 4 is 15.7 Å². The SMILES string of the molecule is CCCCOc1ccc(NNC[C@H]2CC[C@H](NS(=O)(=O)C(C)(C)C)CC2)cc1. The summed E-state index contributed by atoms with van der Waals surface area (Å²) in [6.45, 7) is 8.99. The lowest BCUT2D eigenvalue weighted by Crippen LogP contribution is -2.46. The molecule has 1 aromatic rings. The van der Waals surface area contributed by atoms with E-state index in [4.69, 9.17) is 4.74 Å². The van der Waals surface area contributed by atoms with Crippen LogP contribution in [0.4, 0.5) is 5.69 Å². The maximum absolute atomic E-state index is 12.3. The molecule has 0 saturated heterocycles. The maximum Gasteiger partial charge on any atom is 0.216 e. The molecular weight excluding hydrogens is 374 g/mol. The lowest BCUT2D eigenvalue weighted by Gasteiger charge is -2.31. The number of hydrogen-bond donors (Lipinski definition) is 3. The zero-order chi connectivity index (χ0) is 20.6. The smallest absolute Gasteiger partial charge is 0.216 e.